The molecular weight excluding hydrogens is 418 g/mol. The van der Waals surface area contributed by atoms with E-state index in [0.29, 0.717) is 15.2 Å². The molecule has 0 spiro atoms. The van der Waals surface area contributed by atoms with E-state index in [0.717, 1.165) is 25.7 Å². The van der Waals surface area contributed by atoms with Gasteiger partial charge in [0.25, 0.3) is 0 Å². The van der Waals surface area contributed by atoms with Crippen LogP contribution in [0.4, 0.5) is 10.8 Å². The highest BCUT2D eigenvalue weighted by Crippen LogP contribution is 2.27. The summed E-state index contributed by atoms with van der Waals surface area (Å²) in [5.41, 5.74) is 6.05. The Bertz CT molecular complexity index is 908. The van der Waals surface area contributed by atoms with E-state index in [1.807, 2.05) is 0 Å². The predicted molar refractivity (Wildman–Crippen MR) is 112 cm³/mol. The first-order chi connectivity index (χ1) is 13.4. The molecule has 0 bridgehead atoms. The van der Waals surface area contributed by atoms with Crippen LogP contribution in [0.5, 0.6) is 0 Å². The minimum Gasteiger partial charge on any atom is -0.374 e. The van der Waals surface area contributed by atoms with Gasteiger partial charge in [0.15, 0.2) is 4.34 Å². The predicted octanol–water partition coefficient (Wildman–Crippen LogP) is 2.80. The summed E-state index contributed by atoms with van der Waals surface area (Å²) < 4.78 is 27.8. The molecule has 1 heterocycles. The highest BCUT2D eigenvalue weighted by Gasteiger charge is 2.28. The van der Waals surface area contributed by atoms with Crippen molar-refractivity contribution in [3.05, 3.63) is 24.3 Å². The molecule has 1 aromatic carbocycles. The van der Waals surface area contributed by atoms with Crippen molar-refractivity contribution in [1.82, 2.24) is 14.5 Å². The molecule has 1 saturated carbocycles. The molecule has 2 aromatic rings. The van der Waals surface area contributed by atoms with Gasteiger partial charge in [0.1, 0.15) is 0 Å². The highest BCUT2D eigenvalue weighted by molar-refractivity contribution is 8.01. The van der Waals surface area contributed by atoms with E-state index < -0.39 is 10.0 Å². The van der Waals surface area contributed by atoms with E-state index in [9.17, 15) is 13.2 Å². The summed E-state index contributed by atoms with van der Waals surface area (Å²) in [7, 11) is -1.89. The SMILES string of the molecule is CN(C1CCCCC1)S(=O)(=O)c1ccc(NC(=O)CSc2nnc(N)s2)cc1. The van der Waals surface area contributed by atoms with Crippen molar-refractivity contribution in [2.24, 2.45) is 0 Å². The van der Waals surface area contributed by atoms with Crippen LogP contribution in [0.15, 0.2) is 33.5 Å². The van der Waals surface area contributed by atoms with E-state index in [1.165, 1.54) is 46.0 Å². The van der Waals surface area contributed by atoms with Crippen LogP contribution in [0.2, 0.25) is 0 Å². The van der Waals surface area contributed by atoms with Crippen LogP contribution in [-0.2, 0) is 14.8 Å². The summed E-state index contributed by atoms with van der Waals surface area (Å²) in [4.78, 5) is 12.3. The first-order valence-electron chi connectivity index (χ1n) is 8.96. The summed E-state index contributed by atoms with van der Waals surface area (Å²) in [6, 6.07) is 6.33. The second kappa shape index (κ2) is 9.21. The average molecular weight is 442 g/mol. The highest BCUT2D eigenvalue weighted by atomic mass is 32.2. The average Bonchev–Trinajstić information content (AvgIpc) is 3.12. The number of rotatable bonds is 7. The molecule has 1 aromatic heterocycles. The van der Waals surface area contributed by atoms with Gasteiger partial charge in [-0.2, -0.15) is 4.31 Å². The minimum atomic E-state index is -3.54. The van der Waals surface area contributed by atoms with Crippen LogP contribution < -0.4 is 11.1 Å². The fourth-order valence-corrected chi connectivity index (χ4v) is 5.97. The molecule has 1 amide bonds. The first kappa shape index (κ1) is 21.0. The number of carbonyl (C=O) groups excluding carboxylic acids is 1. The number of aromatic nitrogens is 2. The second-order valence-corrected chi connectivity index (χ2v) is 10.8. The van der Waals surface area contributed by atoms with Gasteiger partial charge in [-0.1, -0.05) is 42.4 Å². The number of nitrogens with two attached hydrogens (primary N) is 1. The molecule has 0 unspecified atom stereocenters. The van der Waals surface area contributed by atoms with Gasteiger partial charge in [0.2, 0.25) is 21.1 Å². The zero-order chi connectivity index (χ0) is 20.1. The first-order valence-corrected chi connectivity index (χ1v) is 12.2. The molecule has 1 aliphatic rings. The molecule has 152 valence electrons. The lowest BCUT2D eigenvalue weighted by atomic mass is 9.96. The molecule has 0 saturated heterocycles. The topological polar surface area (TPSA) is 118 Å². The van der Waals surface area contributed by atoms with Gasteiger partial charge in [-0.05, 0) is 37.1 Å². The van der Waals surface area contributed by atoms with E-state index in [4.69, 9.17) is 5.73 Å². The molecule has 1 aliphatic carbocycles. The third kappa shape index (κ3) is 5.22. The molecule has 0 aliphatic heterocycles. The molecule has 28 heavy (non-hydrogen) atoms. The maximum absolute atomic E-state index is 12.8. The van der Waals surface area contributed by atoms with Crippen molar-refractivity contribution in [3.8, 4) is 0 Å². The quantitative estimate of drug-likeness (QED) is 0.634. The molecule has 11 heteroatoms. The molecule has 0 atom stereocenters. The molecule has 0 radical (unpaired) electrons. The van der Waals surface area contributed by atoms with Crippen LogP contribution in [0.3, 0.4) is 0 Å². The van der Waals surface area contributed by atoms with Gasteiger partial charge < -0.3 is 11.1 Å². The van der Waals surface area contributed by atoms with Crippen LogP contribution >= 0.6 is 23.1 Å². The fourth-order valence-electron chi connectivity index (χ4n) is 3.12. The summed E-state index contributed by atoms with van der Waals surface area (Å²) in [6.07, 6.45) is 5.11. The minimum absolute atomic E-state index is 0.0598. The summed E-state index contributed by atoms with van der Waals surface area (Å²) in [5.74, 6) is -0.0484. The van der Waals surface area contributed by atoms with E-state index in [-0.39, 0.29) is 22.6 Å². The summed E-state index contributed by atoms with van der Waals surface area (Å²) in [6.45, 7) is 0. The molecular formula is C17H23N5O3S3. The lowest BCUT2D eigenvalue weighted by molar-refractivity contribution is -0.113. The Morgan fingerprint density at radius 3 is 2.54 bits per heavy atom. The third-order valence-electron chi connectivity index (χ3n) is 4.65. The number of nitrogens with one attached hydrogen (secondary N) is 1. The van der Waals surface area contributed by atoms with Crippen molar-refractivity contribution >= 4 is 49.8 Å². The number of amides is 1. The normalized spacial score (nSPS) is 15.6. The van der Waals surface area contributed by atoms with Crippen molar-refractivity contribution in [2.45, 2.75) is 47.4 Å². The van der Waals surface area contributed by atoms with Crippen molar-refractivity contribution < 1.29 is 13.2 Å². The van der Waals surface area contributed by atoms with E-state index in [1.54, 1.807) is 19.2 Å². The van der Waals surface area contributed by atoms with Gasteiger partial charge in [-0.15, -0.1) is 10.2 Å². The maximum Gasteiger partial charge on any atom is 0.243 e. The van der Waals surface area contributed by atoms with Crippen LogP contribution in [0.25, 0.3) is 0 Å². The lowest BCUT2D eigenvalue weighted by Crippen LogP contribution is -2.38. The van der Waals surface area contributed by atoms with Gasteiger partial charge in [0, 0.05) is 18.8 Å². The Kier molecular flexibility index (Phi) is 6.91. The van der Waals surface area contributed by atoms with Gasteiger partial charge in [0.05, 0.1) is 10.6 Å². The molecule has 8 nitrogen and oxygen atoms in total. The standard InChI is InChI=1S/C17H23N5O3S3/c1-22(13-5-3-2-4-6-13)28(24,25)14-9-7-12(8-10-14)19-15(23)11-26-17-21-20-16(18)27-17/h7-10,13H,2-6,11H2,1H3,(H2,18,20)(H,19,23). The number of benzene rings is 1. The van der Waals surface area contributed by atoms with Gasteiger partial charge in [-0.25, -0.2) is 8.42 Å². The number of hydrogen-bond donors (Lipinski definition) is 2. The smallest absolute Gasteiger partial charge is 0.243 e. The number of nitrogens with zero attached hydrogens (tertiary/aromatic N) is 3. The zero-order valence-electron chi connectivity index (χ0n) is 15.5. The number of hydrogen-bond acceptors (Lipinski definition) is 8. The Hall–Kier alpha value is -1.69. The Balaban J connectivity index is 1.58. The van der Waals surface area contributed by atoms with Gasteiger partial charge in [-0.3, -0.25) is 4.79 Å². The van der Waals surface area contributed by atoms with Crippen LogP contribution in [0, 0.1) is 0 Å². The number of thioether (sulfide) groups is 1. The number of nitrogen functional groups attached to an aromatic ring is 1. The van der Waals surface area contributed by atoms with Crippen molar-refractivity contribution in [3.63, 3.8) is 0 Å². The number of sulfonamides is 1. The Morgan fingerprint density at radius 1 is 1.25 bits per heavy atom. The van der Waals surface area contributed by atoms with Gasteiger partial charge >= 0.3 is 0 Å². The fraction of sp³-hybridized carbons (Fsp3) is 0.471. The number of carbonyl (C=O) groups is 1. The van der Waals surface area contributed by atoms with E-state index in [2.05, 4.69) is 15.5 Å². The second-order valence-electron chi connectivity index (χ2n) is 6.58. The van der Waals surface area contributed by atoms with Crippen molar-refractivity contribution in [2.75, 3.05) is 23.9 Å². The van der Waals surface area contributed by atoms with Crippen LogP contribution in [-0.4, -0.2) is 47.7 Å². The zero-order valence-corrected chi connectivity index (χ0v) is 17.9. The molecule has 3 N–H and O–H groups in total. The summed E-state index contributed by atoms with van der Waals surface area (Å²) in [5, 5.41) is 10.6. The largest absolute Gasteiger partial charge is 0.374 e. The molecule has 3 rings (SSSR count). The Morgan fingerprint density at radius 2 is 1.93 bits per heavy atom. The van der Waals surface area contributed by atoms with Crippen LogP contribution in [0.1, 0.15) is 32.1 Å². The number of anilines is 2. The lowest BCUT2D eigenvalue weighted by Gasteiger charge is -2.30. The molecule has 1 fully saturated rings. The summed E-state index contributed by atoms with van der Waals surface area (Å²) >= 11 is 2.47. The monoisotopic (exact) mass is 441 g/mol. The van der Waals surface area contributed by atoms with E-state index >= 15 is 0 Å². The maximum atomic E-state index is 12.8. The third-order valence-corrected chi connectivity index (χ3v) is 8.46. The van der Waals surface area contributed by atoms with Crippen molar-refractivity contribution in [1.29, 1.82) is 0 Å². The Labute approximate surface area is 173 Å².